The second kappa shape index (κ2) is 29.0. The molecule has 106 heavy (non-hydrogen) atoms. The highest BCUT2D eigenvalue weighted by atomic mass is 16.4. The molecule has 10 heteroatoms. The molecule has 8 aromatic rings. The summed E-state index contributed by atoms with van der Waals surface area (Å²) in [6.45, 7) is 50.2. The van der Waals surface area contributed by atoms with Gasteiger partial charge < -0.3 is 25.5 Å². The Balaban J connectivity index is 0.000000151. The van der Waals surface area contributed by atoms with Crippen molar-refractivity contribution in [3.63, 3.8) is 0 Å². The maximum atomic E-state index is 11.2. The highest BCUT2D eigenvalue weighted by Gasteiger charge is 2.50. The van der Waals surface area contributed by atoms with Crippen LogP contribution < -0.4 is 0 Å². The molecule has 0 saturated heterocycles. The number of carbonyl (C=O) groups is 4. The Kier molecular flexibility index (Phi) is 21.7. The van der Waals surface area contributed by atoms with Crippen LogP contribution in [-0.2, 0) is 58.3 Å². The fourth-order valence-electron chi connectivity index (χ4n) is 16.9. The van der Waals surface area contributed by atoms with Crippen molar-refractivity contribution in [1.29, 1.82) is 0 Å². The molecule has 0 radical (unpaired) electrons. The van der Waals surface area contributed by atoms with Crippen molar-refractivity contribution >= 4 is 41.6 Å². The first-order valence-electron chi connectivity index (χ1n) is 37.8. The standard InChI is InChI=1S/C24H29NO2.C24H28O3.2C24H28O2/c1-15-12-18-19(23(4,5)9-8-22(18,2)3)13-17(15)24(10-11-24)20-7-6-16(14-25-20)21(26)27;1-15-12-19-20(24(4,5)11-10-23(19,2)3)14-17(15)18-13-16(6-8-21(18)25)7-9-22(26)27;1-15-13-20-21(24(5,6)12-11-23(20,3)4)14-19(15)16(2)17-7-9-18(10-8-17)22(25)26;1-16-13-20-21(24(4,5)12-11-23(20,2)3)15-19(16)18-8-6-7-17(14-18)9-10-22(25)26/h6-7,12-14H,8-11H2,1-5H3,(H,26,27);6-9,12-14,25H,10-11H2,1-5H3,(H,26,27);7-10,13-14H,2,11-12H2,1,3-6H3,(H,25,26);6-10,13-15H,11-12H2,1-5H3,(H,25,26)/b;9-7+;;10-9+. The smallest absolute Gasteiger partial charge is 0.337 e. The van der Waals surface area contributed by atoms with Crippen molar-refractivity contribution in [3.8, 4) is 28.0 Å². The molecule has 10 nitrogen and oxygen atoms in total. The predicted molar refractivity (Wildman–Crippen MR) is 434 cm³/mol. The number of hydrogen-bond donors (Lipinski definition) is 5. The number of aromatic carboxylic acids is 2. The number of carboxylic acid groups (broad SMARTS) is 4. The molecule has 1 aromatic heterocycles. The number of aryl methyl sites for hydroxylation is 4. The van der Waals surface area contributed by atoms with Gasteiger partial charge in [-0.2, -0.15) is 0 Å². The minimum Gasteiger partial charge on any atom is -0.507 e. The number of aromatic nitrogens is 1. The van der Waals surface area contributed by atoms with Crippen LogP contribution in [0.25, 0.3) is 40.0 Å². The van der Waals surface area contributed by atoms with Crippen LogP contribution in [-0.4, -0.2) is 54.4 Å². The van der Waals surface area contributed by atoms with Crippen molar-refractivity contribution in [2.75, 3.05) is 0 Å². The van der Waals surface area contributed by atoms with E-state index < -0.39 is 23.9 Å². The molecule has 0 spiro atoms. The van der Waals surface area contributed by atoms with Crippen LogP contribution in [0.2, 0.25) is 0 Å². The monoisotopic (exact) mass is 1420 g/mol. The van der Waals surface area contributed by atoms with E-state index in [-0.39, 0.29) is 60.0 Å². The fraction of sp³-hybridized carbons (Fsp3) is 0.406. The summed E-state index contributed by atoms with van der Waals surface area (Å²) in [5.41, 5.74) is 29.5. The predicted octanol–water partition coefficient (Wildman–Crippen LogP) is 23.5. The van der Waals surface area contributed by atoms with E-state index in [0.29, 0.717) is 5.56 Å². The zero-order valence-electron chi connectivity index (χ0n) is 66.6. The summed E-state index contributed by atoms with van der Waals surface area (Å²) in [6.07, 6.45) is 18.6. The quantitative estimate of drug-likeness (QED) is 0.0738. The van der Waals surface area contributed by atoms with E-state index in [2.05, 4.69) is 211 Å². The first-order valence-corrected chi connectivity index (χ1v) is 37.8. The Labute approximate surface area is 630 Å². The molecular formula is C96H113NO9. The third-order valence-corrected chi connectivity index (χ3v) is 24.7. The molecule has 5 N–H and O–H groups in total. The summed E-state index contributed by atoms with van der Waals surface area (Å²) in [7, 11) is 0. The topological polar surface area (TPSA) is 182 Å². The Morgan fingerprint density at radius 2 is 0.745 bits per heavy atom. The van der Waals surface area contributed by atoms with Crippen LogP contribution in [0.15, 0.2) is 152 Å². The summed E-state index contributed by atoms with van der Waals surface area (Å²) in [5.74, 6) is -3.54. The molecule has 0 unspecified atom stereocenters. The summed E-state index contributed by atoms with van der Waals surface area (Å²) < 4.78 is 0. The maximum Gasteiger partial charge on any atom is 0.337 e. The van der Waals surface area contributed by atoms with E-state index in [1.54, 1.807) is 42.5 Å². The number of fused-ring (bicyclic) bond motifs is 4. The van der Waals surface area contributed by atoms with Crippen LogP contribution in [0.3, 0.4) is 0 Å². The lowest BCUT2D eigenvalue weighted by atomic mass is 9.62. The first-order chi connectivity index (χ1) is 49.2. The van der Waals surface area contributed by atoms with Gasteiger partial charge in [0.15, 0.2) is 0 Å². The number of carboxylic acids is 4. The number of rotatable bonds is 12. The molecular weight excluding hydrogens is 1310 g/mol. The number of phenols is 1. The van der Waals surface area contributed by atoms with Crippen LogP contribution in [0, 0.1) is 27.7 Å². The van der Waals surface area contributed by atoms with Gasteiger partial charge >= 0.3 is 23.9 Å². The molecule has 0 bridgehead atoms. The summed E-state index contributed by atoms with van der Waals surface area (Å²) in [4.78, 5) is 48.4. The Morgan fingerprint density at radius 3 is 1.17 bits per heavy atom. The highest BCUT2D eigenvalue weighted by molar-refractivity contribution is 5.90. The number of aliphatic carboxylic acids is 2. The number of nitrogens with zero attached hydrogens (tertiary/aromatic N) is 1. The molecule has 5 aliphatic carbocycles. The molecule has 0 aliphatic heterocycles. The van der Waals surface area contributed by atoms with Gasteiger partial charge in [0, 0.05) is 29.3 Å². The van der Waals surface area contributed by atoms with Gasteiger partial charge in [-0.3, -0.25) is 4.98 Å². The SMILES string of the molecule is C=C(c1ccc(C(=O)O)cc1)c1cc2c(cc1C)C(C)(C)CCC2(C)C.Cc1cc2c(cc1-c1cc(/C=C/C(=O)O)ccc1O)C(C)(C)CCC2(C)C.Cc1cc2c(cc1-c1cccc(/C=C/C(=O)O)c1)C(C)(C)CCC2(C)C.Cc1cc2c(cc1C1(c3ccc(C(=O)O)cn3)CC1)C(C)(C)CCC2(C)C. The van der Waals surface area contributed by atoms with Gasteiger partial charge in [0.25, 0.3) is 0 Å². The molecule has 13 rings (SSSR count). The van der Waals surface area contributed by atoms with Gasteiger partial charge in [-0.25, -0.2) is 19.2 Å². The number of pyridine rings is 1. The number of aromatic hydroxyl groups is 1. The first kappa shape index (κ1) is 79.2. The van der Waals surface area contributed by atoms with Crippen molar-refractivity contribution in [2.24, 2.45) is 0 Å². The minimum atomic E-state index is -0.987. The maximum absolute atomic E-state index is 11.2. The molecule has 0 amide bonds. The van der Waals surface area contributed by atoms with E-state index in [9.17, 15) is 24.3 Å². The Bertz CT molecular complexity index is 4840. The van der Waals surface area contributed by atoms with Crippen LogP contribution in [0.5, 0.6) is 5.75 Å². The molecule has 1 heterocycles. The summed E-state index contributed by atoms with van der Waals surface area (Å²) in [6, 6.07) is 42.6. The Morgan fingerprint density at radius 1 is 0.368 bits per heavy atom. The lowest BCUT2D eigenvalue weighted by Gasteiger charge is -2.43. The second-order valence-corrected chi connectivity index (χ2v) is 36.3. The second-order valence-electron chi connectivity index (χ2n) is 36.3. The van der Waals surface area contributed by atoms with Crippen LogP contribution in [0.4, 0.5) is 0 Å². The van der Waals surface area contributed by atoms with Crippen molar-refractivity contribution in [1.82, 2.24) is 4.98 Å². The average Bonchev–Trinajstić information content (AvgIpc) is 1.38. The third-order valence-electron chi connectivity index (χ3n) is 24.7. The molecule has 0 atom stereocenters. The largest absolute Gasteiger partial charge is 0.507 e. The van der Waals surface area contributed by atoms with E-state index in [1.165, 1.54) is 123 Å². The van der Waals surface area contributed by atoms with Gasteiger partial charge in [0.2, 0.25) is 0 Å². The van der Waals surface area contributed by atoms with Crippen molar-refractivity contribution in [3.05, 3.63) is 264 Å². The van der Waals surface area contributed by atoms with Crippen LogP contribution >= 0.6 is 0 Å². The molecule has 5 aliphatic rings. The van der Waals surface area contributed by atoms with E-state index in [0.717, 1.165) is 87.5 Å². The lowest BCUT2D eigenvalue weighted by molar-refractivity contribution is -0.132. The minimum absolute atomic E-state index is 0.0478. The van der Waals surface area contributed by atoms with Gasteiger partial charge in [0.1, 0.15) is 5.75 Å². The van der Waals surface area contributed by atoms with E-state index in [1.807, 2.05) is 36.4 Å². The third kappa shape index (κ3) is 16.4. The van der Waals surface area contributed by atoms with E-state index in [4.69, 9.17) is 20.4 Å². The number of phenolic OH excluding ortho intramolecular Hbond substituents is 1. The van der Waals surface area contributed by atoms with Gasteiger partial charge in [-0.05, 0) is 313 Å². The van der Waals surface area contributed by atoms with Crippen molar-refractivity contribution < 1.29 is 44.7 Å². The Hall–Kier alpha value is -9.41. The van der Waals surface area contributed by atoms with Gasteiger partial charge in [-0.15, -0.1) is 0 Å². The fourth-order valence-corrected chi connectivity index (χ4v) is 16.9. The molecule has 556 valence electrons. The van der Waals surface area contributed by atoms with Gasteiger partial charge in [0.05, 0.1) is 16.8 Å². The normalized spacial score (nSPS) is 18.6. The number of benzene rings is 7. The zero-order valence-corrected chi connectivity index (χ0v) is 66.6. The molecule has 1 fully saturated rings. The summed E-state index contributed by atoms with van der Waals surface area (Å²) >= 11 is 0. The average molecular weight is 1420 g/mol. The highest BCUT2D eigenvalue weighted by Crippen LogP contribution is 2.57. The molecule has 1 saturated carbocycles. The van der Waals surface area contributed by atoms with Crippen LogP contribution in [0.1, 0.15) is 296 Å². The molecule has 7 aromatic carbocycles. The summed E-state index contributed by atoms with van der Waals surface area (Å²) in [5, 5.41) is 46.5. The lowest BCUT2D eigenvalue weighted by Crippen LogP contribution is -2.34. The van der Waals surface area contributed by atoms with Crippen molar-refractivity contribution in [2.45, 2.75) is 251 Å². The number of hydrogen-bond acceptors (Lipinski definition) is 6. The zero-order chi connectivity index (χ0) is 78.0. The van der Waals surface area contributed by atoms with Gasteiger partial charge in [-0.1, -0.05) is 196 Å². The van der Waals surface area contributed by atoms with E-state index >= 15 is 0 Å².